The molecule has 1 saturated heterocycles. The van der Waals surface area contributed by atoms with Gasteiger partial charge in [-0.25, -0.2) is 0 Å². The third-order valence-electron chi connectivity index (χ3n) is 1.82. The van der Waals surface area contributed by atoms with E-state index in [2.05, 4.69) is 29.8 Å². The lowest BCUT2D eigenvalue weighted by Crippen LogP contribution is -2.45. The molecular weight excluding hydrogens is 168 g/mol. The van der Waals surface area contributed by atoms with Gasteiger partial charge in [0.1, 0.15) is 0 Å². The lowest BCUT2D eigenvalue weighted by molar-refractivity contribution is -0.0980. The fraction of sp³-hybridized carbons (Fsp3) is 1.00. The minimum atomic E-state index is 0.417. The average molecular weight is 179 g/mol. The van der Waals surface area contributed by atoms with Crippen LogP contribution in [0.4, 0.5) is 0 Å². The van der Waals surface area contributed by atoms with E-state index in [-0.39, 0.29) is 0 Å². The Morgan fingerprint density at radius 1 is 1.62 bits per heavy atom. The van der Waals surface area contributed by atoms with Crippen molar-refractivity contribution in [1.82, 2.24) is 0 Å². The molecule has 0 N–H and O–H groups in total. The van der Waals surface area contributed by atoms with E-state index >= 15 is 0 Å². The highest BCUT2D eigenvalue weighted by Crippen LogP contribution is 2.34. The molecule has 1 aliphatic rings. The molecule has 0 aromatic carbocycles. The Hall–Kier alpha value is 0.440. The third kappa shape index (κ3) is 0.914. The SMILES string of the molecule is CC(Br)C1(C)COC1. The Kier molecular flexibility index (Phi) is 1.63. The number of alkyl halides is 1. The maximum absolute atomic E-state index is 5.07. The molecule has 8 heavy (non-hydrogen) atoms. The molecule has 1 unspecified atom stereocenters. The number of ether oxygens (including phenoxy) is 1. The predicted octanol–water partition coefficient (Wildman–Crippen LogP) is 1.81. The molecule has 48 valence electrons. The number of hydrogen-bond donors (Lipinski definition) is 0. The molecule has 1 fully saturated rings. The molecule has 1 rings (SSSR count). The highest BCUT2D eigenvalue weighted by Gasteiger charge is 2.37. The molecule has 0 spiro atoms. The van der Waals surface area contributed by atoms with E-state index < -0.39 is 0 Å². The van der Waals surface area contributed by atoms with Crippen LogP contribution < -0.4 is 0 Å². The topological polar surface area (TPSA) is 9.23 Å². The molecule has 1 heterocycles. The summed E-state index contributed by atoms with van der Waals surface area (Å²) >= 11 is 3.53. The Labute approximate surface area is 58.5 Å². The van der Waals surface area contributed by atoms with Crippen LogP contribution in [-0.2, 0) is 4.74 Å². The van der Waals surface area contributed by atoms with Crippen LogP contribution in [0.3, 0.4) is 0 Å². The monoisotopic (exact) mass is 178 g/mol. The summed E-state index contributed by atoms with van der Waals surface area (Å²) in [5.74, 6) is 0. The molecule has 0 bridgehead atoms. The Morgan fingerprint density at radius 2 is 2.12 bits per heavy atom. The van der Waals surface area contributed by atoms with Crippen LogP contribution in [0.25, 0.3) is 0 Å². The zero-order valence-corrected chi connectivity index (χ0v) is 6.86. The Bertz CT molecular complexity index is 86.5. The van der Waals surface area contributed by atoms with Gasteiger partial charge in [0.25, 0.3) is 0 Å². The van der Waals surface area contributed by atoms with Gasteiger partial charge in [0.15, 0.2) is 0 Å². The van der Waals surface area contributed by atoms with Crippen molar-refractivity contribution >= 4 is 15.9 Å². The summed E-state index contributed by atoms with van der Waals surface area (Å²) in [5.41, 5.74) is 0.417. The van der Waals surface area contributed by atoms with Gasteiger partial charge < -0.3 is 4.74 Å². The zero-order valence-electron chi connectivity index (χ0n) is 5.28. The lowest BCUT2D eigenvalue weighted by atomic mass is 9.86. The van der Waals surface area contributed by atoms with E-state index in [1.807, 2.05) is 0 Å². The molecule has 2 heteroatoms. The summed E-state index contributed by atoms with van der Waals surface area (Å²) in [4.78, 5) is 0.587. The molecule has 0 aromatic heterocycles. The van der Waals surface area contributed by atoms with Gasteiger partial charge in [-0.1, -0.05) is 29.8 Å². The van der Waals surface area contributed by atoms with Crippen LogP contribution in [-0.4, -0.2) is 18.0 Å². The second-order valence-corrected chi connectivity index (χ2v) is 4.14. The summed E-state index contributed by atoms with van der Waals surface area (Å²) in [6.07, 6.45) is 0. The van der Waals surface area contributed by atoms with Gasteiger partial charge >= 0.3 is 0 Å². The van der Waals surface area contributed by atoms with Gasteiger partial charge in [-0.15, -0.1) is 0 Å². The number of rotatable bonds is 1. The zero-order chi connectivity index (χ0) is 6.20. The van der Waals surface area contributed by atoms with E-state index in [1.165, 1.54) is 0 Å². The Morgan fingerprint density at radius 3 is 2.12 bits per heavy atom. The first-order valence-corrected chi connectivity index (χ1v) is 3.78. The van der Waals surface area contributed by atoms with Gasteiger partial charge in [0, 0.05) is 10.2 Å². The maximum atomic E-state index is 5.07. The van der Waals surface area contributed by atoms with E-state index in [9.17, 15) is 0 Å². The van der Waals surface area contributed by atoms with E-state index in [4.69, 9.17) is 4.74 Å². The first-order chi connectivity index (χ1) is 3.65. The van der Waals surface area contributed by atoms with Crippen molar-refractivity contribution in [3.05, 3.63) is 0 Å². The van der Waals surface area contributed by atoms with Gasteiger partial charge in [-0.2, -0.15) is 0 Å². The minimum absolute atomic E-state index is 0.417. The smallest absolute Gasteiger partial charge is 0.0552 e. The van der Waals surface area contributed by atoms with Gasteiger partial charge in [0.05, 0.1) is 13.2 Å². The molecule has 1 aliphatic heterocycles. The molecular formula is C6H11BrO. The van der Waals surface area contributed by atoms with Gasteiger partial charge in [-0.05, 0) is 0 Å². The third-order valence-corrected chi connectivity index (χ3v) is 2.93. The summed E-state index contributed by atoms with van der Waals surface area (Å²) in [6.45, 7) is 6.23. The molecule has 1 atom stereocenters. The van der Waals surface area contributed by atoms with Crippen LogP contribution in [0, 0.1) is 5.41 Å². The van der Waals surface area contributed by atoms with Crippen LogP contribution in [0.1, 0.15) is 13.8 Å². The largest absolute Gasteiger partial charge is 0.380 e. The summed E-state index contributed by atoms with van der Waals surface area (Å²) in [6, 6.07) is 0. The van der Waals surface area contributed by atoms with Crippen molar-refractivity contribution in [1.29, 1.82) is 0 Å². The van der Waals surface area contributed by atoms with Crippen LogP contribution in [0.2, 0.25) is 0 Å². The van der Waals surface area contributed by atoms with E-state index in [1.54, 1.807) is 0 Å². The number of halogens is 1. The van der Waals surface area contributed by atoms with Crippen molar-refractivity contribution in [2.24, 2.45) is 5.41 Å². The second-order valence-electron chi connectivity index (χ2n) is 2.76. The first kappa shape index (κ1) is 6.56. The second kappa shape index (κ2) is 1.99. The predicted molar refractivity (Wildman–Crippen MR) is 37.3 cm³/mol. The van der Waals surface area contributed by atoms with Crippen LogP contribution >= 0.6 is 15.9 Å². The summed E-state index contributed by atoms with van der Waals surface area (Å²) in [7, 11) is 0. The molecule has 0 radical (unpaired) electrons. The molecule has 0 saturated carbocycles. The molecule has 0 aromatic rings. The van der Waals surface area contributed by atoms with Crippen LogP contribution in [0.5, 0.6) is 0 Å². The summed E-state index contributed by atoms with van der Waals surface area (Å²) in [5, 5.41) is 0. The molecule has 0 amide bonds. The van der Waals surface area contributed by atoms with Gasteiger partial charge in [-0.3, -0.25) is 0 Å². The minimum Gasteiger partial charge on any atom is -0.380 e. The highest BCUT2D eigenvalue weighted by atomic mass is 79.9. The van der Waals surface area contributed by atoms with Crippen molar-refractivity contribution in [2.45, 2.75) is 18.7 Å². The van der Waals surface area contributed by atoms with Gasteiger partial charge in [0.2, 0.25) is 0 Å². The molecule has 1 nitrogen and oxygen atoms in total. The van der Waals surface area contributed by atoms with Crippen LogP contribution in [0.15, 0.2) is 0 Å². The number of hydrogen-bond acceptors (Lipinski definition) is 1. The standard InChI is InChI=1S/C6H11BrO/c1-5(7)6(2)3-8-4-6/h5H,3-4H2,1-2H3. The maximum Gasteiger partial charge on any atom is 0.0552 e. The Balaban J connectivity index is 2.41. The van der Waals surface area contributed by atoms with Crippen molar-refractivity contribution in [3.63, 3.8) is 0 Å². The highest BCUT2D eigenvalue weighted by molar-refractivity contribution is 9.09. The van der Waals surface area contributed by atoms with E-state index in [0.29, 0.717) is 10.2 Å². The van der Waals surface area contributed by atoms with Crippen molar-refractivity contribution in [2.75, 3.05) is 13.2 Å². The fourth-order valence-electron chi connectivity index (χ4n) is 0.654. The van der Waals surface area contributed by atoms with Crippen molar-refractivity contribution < 1.29 is 4.74 Å². The first-order valence-electron chi connectivity index (χ1n) is 2.87. The average Bonchev–Trinajstić information content (AvgIpc) is 1.60. The van der Waals surface area contributed by atoms with E-state index in [0.717, 1.165) is 13.2 Å². The quantitative estimate of drug-likeness (QED) is 0.557. The lowest BCUT2D eigenvalue weighted by Gasteiger charge is -2.40. The van der Waals surface area contributed by atoms with Crippen molar-refractivity contribution in [3.8, 4) is 0 Å². The summed E-state index contributed by atoms with van der Waals surface area (Å²) < 4.78 is 5.07. The molecule has 0 aliphatic carbocycles. The normalized spacial score (nSPS) is 28.9. The fourth-order valence-corrected chi connectivity index (χ4v) is 0.918.